The van der Waals surface area contributed by atoms with E-state index < -0.39 is 5.97 Å². The van der Waals surface area contributed by atoms with E-state index in [0.717, 1.165) is 6.42 Å². The van der Waals surface area contributed by atoms with Crippen molar-refractivity contribution in [1.29, 1.82) is 0 Å². The van der Waals surface area contributed by atoms with E-state index in [1.165, 1.54) is 0 Å². The van der Waals surface area contributed by atoms with E-state index in [0.29, 0.717) is 39.3 Å². The van der Waals surface area contributed by atoms with Crippen molar-refractivity contribution in [2.75, 3.05) is 17.7 Å². The smallest absolute Gasteiger partial charge is 0.340 e. The van der Waals surface area contributed by atoms with E-state index in [-0.39, 0.29) is 0 Å². The van der Waals surface area contributed by atoms with Crippen LogP contribution < -0.4 is 11.1 Å². The summed E-state index contributed by atoms with van der Waals surface area (Å²) in [6.07, 6.45) is 0.754. The van der Waals surface area contributed by atoms with Crippen LogP contribution in [-0.2, 0) is 4.74 Å². The van der Waals surface area contributed by atoms with Gasteiger partial charge in [0, 0.05) is 11.4 Å². The third-order valence-electron chi connectivity index (χ3n) is 2.90. The molecule has 116 valence electrons. The Kier molecular flexibility index (Phi) is 5.52. The van der Waals surface area contributed by atoms with Gasteiger partial charge in [-0.05, 0) is 42.8 Å². The van der Waals surface area contributed by atoms with Crippen molar-refractivity contribution in [3.63, 3.8) is 0 Å². The first-order chi connectivity index (χ1) is 10.5. The Morgan fingerprint density at radius 1 is 1.18 bits per heavy atom. The molecule has 2 aromatic rings. The number of nitrogens with two attached hydrogens (primary N) is 1. The van der Waals surface area contributed by atoms with E-state index in [9.17, 15) is 4.79 Å². The highest BCUT2D eigenvalue weighted by Crippen LogP contribution is 2.29. The molecule has 0 radical (unpaired) electrons. The maximum Gasteiger partial charge on any atom is 0.340 e. The average Bonchev–Trinajstić information content (AvgIpc) is 2.50. The number of ether oxygens (including phenoxy) is 1. The number of anilines is 3. The molecule has 0 atom stereocenters. The number of hydrogen-bond acceptors (Lipinski definition) is 4. The van der Waals surface area contributed by atoms with Gasteiger partial charge in [-0.1, -0.05) is 30.1 Å². The van der Waals surface area contributed by atoms with Crippen molar-refractivity contribution >= 4 is 46.2 Å². The summed E-state index contributed by atoms with van der Waals surface area (Å²) >= 11 is 11.9. The van der Waals surface area contributed by atoms with E-state index in [1.807, 2.05) is 6.92 Å². The molecule has 0 aromatic heterocycles. The number of carbonyl (C=O) groups is 1. The van der Waals surface area contributed by atoms with E-state index in [4.69, 9.17) is 33.7 Å². The third kappa shape index (κ3) is 4.06. The molecule has 4 nitrogen and oxygen atoms in total. The summed E-state index contributed by atoms with van der Waals surface area (Å²) in [5, 5.41) is 4.02. The molecule has 0 aliphatic heterocycles. The highest BCUT2D eigenvalue weighted by atomic mass is 35.5. The molecule has 0 amide bonds. The predicted octanol–water partition coefficient (Wildman–Crippen LogP) is 4.89. The lowest BCUT2D eigenvalue weighted by Crippen LogP contribution is -2.09. The Morgan fingerprint density at radius 3 is 2.64 bits per heavy atom. The zero-order valence-corrected chi connectivity index (χ0v) is 13.5. The molecule has 0 spiro atoms. The van der Waals surface area contributed by atoms with Crippen molar-refractivity contribution in [3.05, 3.63) is 52.0 Å². The van der Waals surface area contributed by atoms with Gasteiger partial charge in [-0.25, -0.2) is 4.79 Å². The molecular weight excluding hydrogens is 323 g/mol. The fourth-order valence-electron chi connectivity index (χ4n) is 1.84. The first-order valence-electron chi connectivity index (χ1n) is 6.80. The maximum atomic E-state index is 12.1. The standard InChI is InChI=1S/C16H16Cl2N2O2/c1-2-7-22-16(21)12-8-10(19)3-6-15(12)20-11-4-5-13(17)14(18)9-11/h3-6,8-9,20H,2,7,19H2,1H3. The first-order valence-corrected chi connectivity index (χ1v) is 7.55. The maximum absolute atomic E-state index is 12.1. The van der Waals surface area contributed by atoms with Gasteiger partial charge in [0.05, 0.1) is 27.9 Å². The van der Waals surface area contributed by atoms with E-state index in [1.54, 1.807) is 36.4 Å². The van der Waals surface area contributed by atoms with Crippen molar-refractivity contribution < 1.29 is 9.53 Å². The van der Waals surface area contributed by atoms with Gasteiger partial charge in [-0.15, -0.1) is 0 Å². The molecule has 0 aliphatic carbocycles. The number of hydrogen-bond donors (Lipinski definition) is 2. The zero-order chi connectivity index (χ0) is 16.1. The van der Waals surface area contributed by atoms with Crippen molar-refractivity contribution in [3.8, 4) is 0 Å². The van der Waals surface area contributed by atoms with Gasteiger partial charge in [0.2, 0.25) is 0 Å². The van der Waals surface area contributed by atoms with Crippen LogP contribution in [0.15, 0.2) is 36.4 Å². The summed E-state index contributed by atoms with van der Waals surface area (Å²) in [5.41, 5.74) is 7.92. The lowest BCUT2D eigenvalue weighted by Gasteiger charge is -2.13. The van der Waals surface area contributed by atoms with Crippen LogP contribution in [0.3, 0.4) is 0 Å². The average molecular weight is 339 g/mol. The second kappa shape index (κ2) is 7.38. The zero-order valence-electron chi connectivity index (χ0n) is 12.0. The quantitative estimate of drug-likeness (QED) is 0.601. The van der Waals surface area contributed by atoms with Crippen LogP contribution in [0, 0.1) is 0 Å². The summed E-state index contributed by atoms with van der Waals surface area (Å²) in [6.45, 7) is 2.29. The molecular formula is C16H16Cl2N2O2. The molecule has 3 N–H and O–H groups in total. The molecule has 0 saturated heterocycles. The Bertz CT molecular complexity index is 690. The molecule has 0 fully saturated rings. The van der Waals surface area contributed by atoms with Gasteiger partial charge in [0.15, 0.2) is 0 Å². The highest BCUT2D eigenvalue weighted by Gasteiger charge is 2.14. The van der Waals surface area contributed by atoms with Gasteiger partial charge in [0.25, 0.3) is 0 Å². The molecule has 0 unspecified atom stereocenters. The molecule has 2 rings (SSSR count). The minimum atomic E-state index is -0.420. The molecule has 0 saturated carbocycles. The van der Waals surface area contributed by atoms with Crippen molar-refractivity contribution in [2.45, 2.75) is 13.3 Å². The molecule has 2 aromatic carbocycles. The number of halogens is 2. The van der Waals surface area contributed by atoms with Gasteiger partial charge < -0.3 is 15.8 Å². The lowest BCUT2D eigenvalue weighted by atomic mass is 10.1. The Morgan fingerprint density at radius 2 is 1.95 bits per heavy atom. The van der Waals surface area contributed by atoms with E-state index in [2.05, 4.69) is 5.32 Å². The summed E-state index contributed by atoms with van der Waals surface area (Å²) in [7, 11) is 0. The van der Waals surface area contributed by atoms with E-state index >= 15 is 0 Å². The predicted molar refractivity (Wildman–Crippen MR) is 91.2 cm³/mol. The molecule has 22 heavy (non-hydrogen) atoms. The van der Waals surface area contributed by atoms with Crippen molar-refractivity contribution in [1.82, 2.24) is 0 Å². The number of benzene rings is 2. The Labute approximate surface area is 139 Å². The fourth-order valence-corrected chi connectivity index (χ4v) is 2.14. The van der Waals surface area contributed by atoms with Crippen LogP contribution in [0.2, 0.25) is 10.0 Å². The van der Waals surface area contributed by atoms with Gasteiger partial charge in [-0.3, -0.25) is 0 Å². The second-order valence-corrected chi connectivity index (χ2v) is 5.51. The van der Waals surface area contributed by atoms with Crippen LogP contribution in [0.25, 0.3) is 0 Å². The first kappa shape index (κ1) is 16.5. The minimum absolute atomic E-state index is 0.361. The van der Waals surface area contributed by atoms with Gasteiger partial charge in [0.1, 0.15) is 0 Å². The van der Waals surface area contributed by atoms with Crippen LogP contribution in [0.5, 0.6) is 0 Å². The van der Waals surface area contributed by atoms with Gasteiger partial charge in [-0.2, -0.15) is 0 Å². The number of rotatable bonds is 5. The fraction of sp³-hybridized carbons (Fsp3) is 0.188. The van der Waals surface area contributed by atoms with Crippen LogP contribution in [0.4, 0.5) is 17.1 Å². The SMILES string of the molecule is CCCOC(=O)c1cc(N)ccc1Nc1ccc(Cl)c(Cl)c1. The van der Waals surface area contributed by atoms with Crippen LogP contribution in [-0.4, -0.2) is 12.6 Å². The largest absolute Gasteiger partial charge is 0.462 e. The molecule has 0 bridgehead atoms. The minimum Gasteiger partial charge on any atom is -0.462 e. The summed E-state index contributed by atoms with van der Waals surface area (Å²) < 4.78 is 5.17. The molecule has 6 heteroatoms. The number of carbonyl (C=O) groups excluding carboxylic acids is 1. The van der Waals surface area contributed by atoms with Crippen LogP contribution >= 0.6 is 23.2 Å². The topological polar surface area (TPSA) is 64.3 Å². The van der Waals surface area contributed by atoms with Gasteiger partial charge >= 0.3 is 5.97 Å². The van der Waals surface area contributed by atoms with Crippen LogP contribution in [0.1, 0.15) is 23.7 Å². The molecule has 0 heterocycles. The van der Waals surface area contributed by atoms with Crippen molar-refractivity contribution in [2.24, 2.45) is 0 Å². The lowest BCUT2D eigenvalue weighted by molar-refractivity contribution is 0.0506. The normalized spacial score (nSPS) is 10.3. The Hall–Kier alpha value is -1.91. The monoisotopic (exact) mass is 338 g/mol. The summed E-state index contributed by atoms with van der Waals surface area (Å²) in [4.78, 5) is 12.1. The second-order valence-electron chi connectivity index (χ2n) is 4.69. The third-order valence-corrected chi connectivity index (χ3v) is 3.64. The highest BCUT2D eigenvalue weighted by molar-refractivity contribution is 6.42. The summed E-state index contributed by atoms with van der Waals surface area (Å²) in [5.74, 6) is -0.420. The number of nitrogens with one attached hydrogen (secondary N) is 1. The number of esters is 1. The molecule has 0 aliphatic rings. The summed E-state index contributed by atoms with van der Waals surface area (Å²) in [6, 6.07) is 10.1. The number of nitrogen functional groups attached to an aromatic ring is 1. The Balaban J connectivity index is 2.29.